The molecule has 114 valence electrons. The fourth-order valence-corrected chi connectivity index (χ4v) is 2.81. The summed E-state index contributed by atoms with van der Waals surface area (Å²) < 4.78 is 4.80. The Morgan fingerprint density at radius 1 is 1.33 bits per heavy atom. The van der Waals surface area contributed by atoms with Gasteiger partial charge in [-0.15, -0.1) is 0 Å². The van der Waals surface area contributed by atoms with Crippen LogP contribution in [0.2, 0.25) is 0 Å². The molecular weight excluding hydrogens is 284 g/mol. The summed E-state index contributed by atoms with van der Waals surface area (Å²) in [6, 6.07) is 8.31. The molecule has 0 radical (unpaired) electrons. The Bertz CT molecular complexity index is 494. The first-order chi connectivity index (χ1) is 10.1. The number of ether oxygens (including phenoxy) is 1. The normalized spacial score (nSPS) is 15.6. The van der Waals surface area contributed by atoms with Crippen LogP contribution in [0, 0.1) is 5.92 Å². The van der Waals surface area contributed by atoms with E-state index in [0.29, 0.717) is 0 Å². The van der Waals surface area contributed by atoms with Crippen LogP contribution >= 0.6 is 12.2 Å². The van der Waals surface area contributed by atoms with Gasteiger partial charge in [0.25, 0.3) is 0 Å². The molecule has 5 heteroatoms. The van der Waals surface area contributed by atoms with Gasteiger partial charge < -0.3 is 15.0 Å². The van der Waals surface area contributed by atoms with Crippen LogP contribution in [-0.4, -0.2) is 36.2 Å². The van der Waals surface area contributed by atoms with Gasteiger partial charge in [-0.3, -0.25) is 4.79 Å². The summed E-state index contributed by atoms with van der Waals surface area (Å²) in [7, 11) is 1.45. The fraction of sp³-hybridized carbons (Fsp3) is 0.500. The lowest BCUT2D eigenvalue weighted by Crippen LogP contribution is -2.42. The summed E-state index contributed by atoms with van der Waals surface area (Å²) >= 11 is 5.45. The summed E-state index contributed by atoms with van der Waals surface area (Å²) in [5.41, 5.74) is 2.32. The number of esters is 1. The van der Waals surface area contributed by atoms with Gasteiger partial charge in [0, 0.05) is 18.8 Å². The molecule has 1 aliphatic rings. The fourth-order valence-electron chi connectivity index (χ4n) is 2.51. The zero-order chi connectivity index (χ0) is 15.2. The highest BCUT2D eigenvalue weighted by molar-refractivity contribution is 7.80. The van der Waals surface area contributed by atoms with Crippen molar-refractivity contribution in [3.8, 4) is 0 Å². The Morgan fingerprint density at radius 2 is 1.95 bits per heavy atom. The number of likely N-dealkylation sites (tertiary alicyclic amines) is 1. The van der Waals surface area contributed by atoms with Gasteiger partial charge in [-0.1, -0.05) is 19.1 Å². The third-order valence-electron chi connectivity index (χ3n) is 3.93. The molecule has 1 fully saturated rings. The van der Waals surface area contributed by atoms with Crippen molar-refractivity contribution < 1.29 is 9.53 Å². The molecular formula is C16H22N2O2S. The number of carbonyl (C=O) groups excluding carboxylic acids is 1. The molecule has 0 spiro atoms. The van der Waals surface area contributed by atoms with E-state index in [4.69, 9.17) is 17.0 Å². The van der Waals surface area contributed by atoms with Gasteiger partial charge in [0.05, 0.1) is 13.0 Å². The van der Waals surface area contributed by atoms with Crippen molar-refractivity contribution in [1.82, 2.24) is 4.90 Å². The summed E-state index contributed by atoms with van der Waals surface area (Å²) in [4.78, 5) is 13.6. The van der Waals surface area contributed by atoms with Crippen molar-refractivity contribution >= 4 is 29.0 Å². The number of hydrogen-bond donors (Lipinski definition) is 1. The molecule has 0 amide bonds. The van der Waals surface area contributed by atoms with Crippen LogP contribution in [0.4, 0.5) is 5.69 Å². The number of methoxy groups -OCH3 is 1. The quantitative estimate of drug-likeness (QED) is 0.687. The Kier molecular flexibility index (Phi) is 5.56. The first-order valence-corrected chi connectivity index (χ1v) is 7.77. The van der Waals surface area contributed by atoms with Gasteiger partial charge in [0.15, 0.2) is 5.11 Å². The Hall–Kier alpha value is -1.62. The van der Waals surface area contributed by atoms with Crippen LogP contribution in [0.15, 0.2) is 24.3 Å². The van der Waals surface area contributed by atoms with Crippen molar-refractivity contribution in [2.75, 3.05) is 25.5 Å². The molecule has 0 atom stereocenters. The minimum Gasteiger partial charge on any atom is -0.469 e. The third-order valence-corrected chi connectivity index (χ3v) is 4.29. The standard InChI is InChI=1S/C16H22N2O2S/c1-3-12-4-6-14(7-5-12)17-16(21)18-10-8-13(9-11-18)15(19)20-2/h4-7,13H,3,8-11H2,1-2H3,(H,17,21). The molecule has 21 heavy (non-hydrogen) atoms. The van der Waals surface area contributed by atoms with E-state index < -0.39 is 0 Å². The van der Waals surface area contributed by atoms with E-state index in [1.165, 1.54) is 12.7 Å². The van der Waals surface area contributed by atoms with Crippen molar-refractivity contribution in [2.45, 2.75) is 26.2 Å². The van der Waals surface area contributed by atoms with Gasteiger partial charge >= 0.3 is 5.97 Å². The van der Waals surface area contributed by atoms with E-state index in [0.717, 1.165) is 43.2 Å². The topological polar surface area (TPSA) is 41.6 Å². The highest BCUT2D eigenvalue weighted by atomic mass is 32.1. The molecule has 1 aliphatic heterocycles. The lowest BCUT2D eigenvalue weighted by Gasteiger charge is -2.32. The number of aryl methyl sites for hydroxylation is 1. The molecule has 0 aromatic heterocycles. The average Bonchev–Trinajstić information content (AvgIpc) is 2.55. The van der Waals surface area contributed by atoms with Gasteiger partial charge in [-0.25, -0.2) is 0 Å². The molecule has 2 rings (SSSR count). The van der Waals surface area contributed by atoms with Crippen LogP contribution in [0.25, 0.3) is 0 Å². The van der Waals surface area contributed by atoms with E-state index >= 15 is 0 Å². The van der Waals surface area contributed by atoms with Gasteiger partial charge in [-0.05, 0) is 49.2 Å². The first kappa shape index (κ1) is 15.8. The number of rotatable bonds is 3. The lowest BCUT2D eigenvalue weighted by atomic mass is 9.97. The van der Waals surface area contributed by atoms with Crippen molar-refractivity contribution in [2.24, 2.45) is 5.92 Å². The molecule has 1 aromatic rings. The second-order valence-corrected chi connectivity index (χ2v) is 5.65. The number of nitrogens with zero attached hydrogens (tertiary/aromatic N) is 1. The average molecular weight is 306 g/mol. The minimum absolute atomic E-state index is 0.0119. The molecule has 0 saturated carbocycles. The maximum atomic E-state index is 11.5. The maximum Gasteiger partial charge on any atom is 0.308 e. The first-order valence-electron chi connectivity index (χ1n) is 7.36. The number of piperidine rings is 1. The number of hydrogen-bond acceptors (Lipinski definition) is 3. The molecule has 1 saturated heterocycles. The Morgan fingerprint density at radius 3 is 2.48 bits per heavy atom. The van der Waals surface area contributed by atoms with Crippen LogP contribution in [0.3, 0.4) is 0 Å². The van der Waals surface area contributed by atoms with Crippen LogP contribution in [0.5, 0.6) is 0 Å². The predicted octanol–water partition coefficient (Wildman–Crippen LogP) is 2.83. The van der Waals surface area contributed by atoms with Crippen molar-refractivity contribution in [3.63, 3.8) is 0 Å². The predicted molar refractivity (Wildman–Crippen MR) is 88.4 cm³/mol. The number of carbonyl (C=O) groups is 1. The summed E-state index contributed by atoms with van der Waals surface area (Å²) in [6.45, 7) is 3.72. The van der Waals surface area contributed by atoms with Gasteiger partial charge in [0.1, 0.15) is 0 Å². The molecule has 1 heterocycles. The monoisotopic (exact) mass is 306 g/mol. The minimum atomic E-state index is -0.108. The van der Waals surface area contributed by atoms with Crippen LogP contribution < -0.4 is 5.32 Å². The number of anilines is 1. The van der Waals surface area contributed by atoms with E-state index in [9.17, 15) is 4.79 Å². The number of thiocarbonyl (C=S) groups is 1. The van der Waals surface area contributed by atoms with E-state index in [1.807, 2.05) is 12.1 Å². The van der Waals surface area contributed by atoms with Crippen LogP contribution in [-0.2, 0) is 16.0 Å². The molecule has 1 aromatic carbocycles. The smallest absolute Gasteiger partial charge is 0.308 e. The van der Waals surface area contributed by atoms with E-state index in [2.05, 4.69) is 29.3 Å². The Labute approximate surface area is 131 Å². The van der Waals surface area contributed by atoms with Crippen molar-refractivity contribution in [1.29, 1.82) is 0 Å². The molecule has 0 aliphatic carbocycles. The second kappa shape index (κ2) is 7.41. The highest BCUT2D eigenvalue weighted by Gasteiger charge is 2.26. The van der Waals surface area contributed by atoms with Crippen LogP contribution in [0.1, 0.15) is 25.3 Å². The zero-order valence-corrected chi connectivity index (χ0v) is 13.4. The molecule has 4 nitrogen and oxygen atoms in total. The SMILES string of the molecule is CCc1ccc(NC(=S)N2CCC(C(=O)OC)CC2)cc1. The molecule has 0 bridgehead atoms. The van der Waals surface area contributed by atoms with E-state index in [-0.39, 0.29) is 11.9 Å². The largest absolute Gasteiger partial charge is 0.469 e. The van der Waals surface area contributed by atoms with E-state index in [1.54, 1.807) is 0 Å². The highest BCUT2D eigenvalue weighted by Crippen LogP contribution is 2.19. The summed E-state index contributed by atoms with van der Waals surface area (Å²) in [5, 5.41) is 3.99. The van der Waals surface area contributed by atoms with Crippen molar-refractivity contribution in [3.05, 3.63) is 29.8 Å². The maximum absolute atomic E-state index is 11.5. The van der Waals surface area contributed by atoms with Gasteiger partial charge in [-0.2, -0.15) is 0 Å². The number of benzene rings is 1. The second-order valence-electron chi connectivity index (χ2n) is 5.27. The third kappa shape index (κ3) is 4.17. The molecule has 1 N–H and O–H groups in total. The summed E-state index contributed by atoms with van der Waals surface area (Å²) in [5.74, 6) is -0.0958. The number of nitrogens with one attached hydrogen (secondary N) is 1. The van der Waals surface area contributed by atoms with Gasteiger partial charge in [0.2, 0.25) is 0 Å². The Balaban J connectivity index is 1.85. The zero-order valence-electron chi connectivity index (χ0n) is 12.6. The molecule has 0 unspecified atom stereocenters. The lowest BCUT2D eigenvalue weighted by molar-refractivity contribution is -0.146. The summed E-state index contributed by atoms with van der Waals surface area (Å²) in [6.07, 6.45) is 2.62.